The molecule has 146 valence electrons. The van der Waals surface area contributed by atoms with Crippen LogP contribution in [0.2, 0.25) is 0 Å². The van der Waals surface area contributed by atoms with E-state index in [2.05, 4.69) is 48.3 Å². The molecule has 1 aromatic carbocycles. The first kappa shape index (κ1) is 21.6. The van der Waals surface area contributed by atoms with Gasteiger partial charge in [0.2, 0.25) is 5.91 Å². The molecule has 1 aromatic rings. The van der Waals surface area contributed by atoms with Gasteiger partial charge in [0.25, 0.3) is 0 Å². The summed E-state index contributed by atoms with van der Waals surface area (Å²) in [6.07, 6.45) is 5.01. The molecule has 26 heavy (non-hydrogen) atoms. The Morgan fingerprint density at radius 1 is 1.15 bits per heavy atom. The average molecular weight is 397 g/mol. The summed E-state index contributed by atoms with van der Waals surface area (Å²) in [4.78, 5) is 15.1. The fourth-order valence-electron chi connectivity index (χ4n) is 3.45. The predicted octanol–water partition coefficient (Wildman–Crippen LogP) is 4.36. The number of thioether (sulfide) groups is 1. The summed E-state index contributed by atoms with van der Waals surface area (Å²) in [5.41, 5.74) is 1.30. The van der Waals surface area contributed by atoms with Gasteiger partial charge in [0.1, 0.15) is 0 Å². The quantitative estimate of drug-likeness (QED) is 0.708. The third-order valence-electron chi connectivity index (χ3n) is 5.32. The van der Waals surface area contributed by atoms with E-state index in [4.69, 9.17) is 0 Å². The van der Waals surface area contributed by atoms with E-state index in [1.165, 1.54) is 24.9 Å². The Hall–Kier alpha value is -0.710. The molecule has 1 aliphatic carbocycles. The molecule has 0 aromatic heterocycles. The smallest absolute Gasteiger partial charge is 0.235 e. The van der Waals surface area contributed by atoms with Gasteiger partial charge in [-0.3, -0.25) is 4.79 Å². The van der Waals surface area contributed by atoms with Gasteiger partial charge in [-0.25, -0.2) is 0 Å². The van der Waals surface area contributed by atoms with Gasteiger partial charge >= 0.3 is 0 Å². The molecule has 2 fully saturated rings. The van der Waals surface area contributed by atoms with Crippen molar-refractivity contribution < 1.29 is 4.79 Å². The van der Waals surface area contributed by atoms with Crippen molar-refractivity contribution in [2.75, 3.05) is 19.6 Å². The minimum atomic E-state index is 0. The summed E-state index contributed by atoms with van der Waals surface area (Å²) in [5, 5.41) is 3.76. The van der Waals surface area contributed by atoms with Crippen molar-refractivity contribution in [2.45, 2.75) is 56.6 Å². The monoisotopic (exact) mass is 396 g/mol. The van der Waals surface area contributed by atoms with E-state index in [1.807, 2.05) is 6.07 Å². The molecule has 1 saturated carbocycles. The van der Waals surface area contributed by atoms with Gasteiger partial charge in [-0.2, -0.15) is 0 Å². The summed E-state index contributed by atoms with van der Waals surface area (Å²) in [7, 11) is 0. The number of likely N-dealkylation sites (tertiary alicyclic amines) is 1. The van der Waals surface area contributed by atoms with E-state index in [9.17, 15) is 4.79 Å². The second kappa shape index (κ2) is 10.6. The number of hydrogen-bond donors (Lipinski definition) is 1. The van der Waals surface area contributed by atoms with Crippen LogP contribution in [0.15, 0.2) is 30.3 Å². The van der Waals surface area contributed by atoms with E-state index in [0.717, 1.165) is 37.6 Å². The molecule has 1 heterocycles. The third-order valence-corrected chi connectivity index (χ3v) is 6.93. The van der Waals surface area contributed by atoms with Gasteiger partial charge in [-0.1, -0.05) is 44.2 Å². The standard InChI is InChI=1S/C21H32N2OS.ClH/c1-16(2)20(25-15-18-6-4-3-5-7-18)21(24)23-12-10-19(11-13-23)22-14-17-8-9-17;/h3-7,16-17,19-20,22H,8-15H2,1-2H3;1H. The van der Waals surface area contributed by atoms with Crippen molar-refractivity contribution in [1.29, 1.82) is 0 Å². The van der Waals surface area contributed by atoms with Crippen molar-refractivity contribution in [3.8, 4) is 0 Å². The molecular weight excluding hydrogens is 364 g/mol. The highest BCUT2D eigenvalue weighted by molar-refractivity contribution is 7.99. The van der Waals surface area contributed by atoms with Crippen LogP contribution in [-0.4, -0.2) is 41.7 Å². The highest BCUT2D eigenvalue weighted by Gasteiger charge is 2.31. The first-order chi connectivity index (χ1) is 12.1. The Balaban J connectivity index is 0.00000243. The number of carbonyl (C=O) groups is 1. The summed E-state index contributed by atoms with van der Waals surface area (Å²) >= 11 is 1.80. The Morgan fingerprint density at radius 3 is 2.38 bits per heavy atom. The molecule has 5 heteroatoms. The van der Waals surface area contributed by atoms with Gasteiger partial charge in [0.15, 0.2) is 0 Å². The lowest BCUT2D eigenvalue weighted by Crippen LogP contribution is -2.48. The molecule has 0 radical (unpaired) electrons. The van der Waals surface area contributed by atoms with Crippen molar-refractivity contribution in [1.82, 2.24) is 10.2 Å². The largest absolute Gasteiger partial charge is 0.342 e. The van der Waals surface area contributed by atoms with Crippen LogP contribution in [0, 0.1) is 11.8 Å². The fourth-order valence-corrected chi connectivity index (χ4v) is 4.69. The zero-order valence-electron chi connectivity index (χ0n) is 16.0. The Bertz CT molecular complexity index is 542. The Morgan fingerprint density at radius 2 is 1.81 bits per heavy atom. The highest BCUT2D eigenvalue weighted by atomic mass is 35.5. The SMILES string of the molecule is CC(C)C(SCc1ccccc1)C(=O)N1CCC(NCC2CC2)CC1.Cl. The number of benzene rings is 1. The lowest BCUT2D eigenvalue weighted by Gasteiger charge is -2.35. The van der Waals surface area contributed by atoms with Crippen LogP contribution in [0.25, 0.3) is 0 Å². The molecule has 2 aliphatic rings. The number of hydrogen-bond acceptors (Lipinski definition) is 3. The summed E-state index contributed by atoms with van der Waals surface area (Å²) < 4.78 is 0. The average Bonchev–Trinajstić information content (AvgIpc) is 3.45. The number of nitrogens with one attached hydrogen (secondary N) is 1. The van der Waals surface area contributed by atoms with E-state index >= 15 is 0 Å². The first-order valence-electron chi connectivity index (χ1n) is 9.81. The van der Waals surface area contributed by atoms with E-state index in [1.54, 1.807) is 11.8 Å². The van der Waals surface area contributed by atoms with E-state index in [0.29, 0.717) is 17.9 Å². The van der Waals surface area contributed by atoms with Crippen LogP contribution in [0.4, 0.5) is 0 Å². The van der Waals surface area contributed by atoms with Crippen LogP contribution in [0.5, 0.6) is 0 Å². The maximum atomic E-state index is 13.0. The van der Waals surface area contributed by atoms with Gasteiger partial charge < -0.3 is 10.2 Å². The molecule has 0 bridgehead atoms. The van der Waals surface area contributed by atoms with Gasteiger partial charge in [-0.15, -0.1) is 24.2 Å². The number of piperidine rings is 1. The topological polar surface area (TPSA) is 32.3 Å². The minimum Gasteiger partial charge on any atom is -0.342 e. The molecule has 0 spiro atoms. The van der Waals surface area contributed by atoms with E-state index < -0.39 is 0 Å². The fraction of sp³-hybridized carbons (Fsp3) is 0.667. The third kappa shape index (κ3) is 6.47. The van der Waals surface area contributed by atoms with Gasteiger partial charge in [-0.05, 0) is 49.6 Å². The van der Waals surface area contributed by atoms with Crippen molar-refractivity contribution in [3.05, 3.63) is 35.9 Å². The maximum Gasteiger partial charge on any atom is 0.235 e. The molecule has 3 rings (SSSR count). The highest BCUT2D eigenvalue weighted by Crippen LogP contribution is 2.29. The number of amides is 1. The van der Waals surface area contributed by atoms with Crippen LogP contribution in [0.3, 0.4) is 0 Å². The zero-order valence-corrected chi connectivity index (χ0v) is 17.7. The second-order valence-electron chi connectivity index (χ2n) is 7.91. The second-order valence-corrected chi connectivity index (χ2v) is 9.04. The summed E-state index contributed by atoms with van der Waals surface area (Å²) in [5.74, 6) is 2.55. The minimum absolute atomic E-state index is 0. The summed E-state index contributed by atoms with van der Waals surface area (Å²) in [6, 6.07) is 11.1. The van der Waals surface area contributed by atoms with E-state index in [-0.39, 0.29) is 17.7 Å². The number of nitrogens with zero attached hydrogens (tertiary/aromatic N) is 1. The lowest BCUT2D eigenvalue weighted by atomic mass is 10.0. The van der Waals surface area contributed by atoms with Crippen LogP contribution in [0.1, 0.15) is 45.1 Å². The number of halogens is 1. The lowest BCUT2D eigenvalue weighted by molar-refractivity contribution is -0.132. The molecular formula is C21H33ClN2OS. The van der Waals surface area contributed by atoms with Gasteiger partial charge in [0.05, 0.1) is 5.25 Å². The summed E-state index contributed by atoms with van der Waals surface area (Å²) in [6.45, 7) is 7.35. The molecule has 1 amide bonds. The molecule has 1 N–H and O–H groups in total. The van der Waals surface area contributed by atoms with Crippen LogP contribution < -0.4 is 5.32 Å². The Kier molecular flexibility index (Phi) is 8.78. The first-order valence-corrected chi connectivity index (χ1v) is 10.9. The zero-order chi connectivity index (χ0) is 17.6. The molecule has 1 atom stereocenters. The predicted molar refractivity (Wildman–Crippen MR) is 114 cm³/mol. The number of rotatable bonds is 8. The van der Waals surface area contributed by atoms with Crippen molar-refractivity contribution in [2.24, 2.45) is 11.8 Å². The molecule has 1 unspecified atom stereocenters. The van der Waals surface area contributed by atoms with Crippen molar-refractivity contribution in [3.63, 3.8) is 0 Å². The maximum absolute atomic E-state index is 13.0. The molecule has 1 saturated heterocycles. The van der Waals surface area contributed by atoms with Crippen molar-refractivity contribution >= 4 is 30.1 Å². The Labute approximate surface area is 169 Å². The van der Waals surface area contributed by atoms with Crippen LogP contribution >= 0.6 is 24.2 Å². The number of carbonyl (C=O) groups excluding carboxylic acids is 1. The van der Waals surface area contributed by atoms with Gasteiger partial charge in [0, 0.05) is 24.9 Å². The molecule has 3 nitrogen and oxygen atoms in total. The normalized spacial score (nSPS) is 19.3. The van der Waals surface area contributed by atoms with Crippen LogP contribution in [-0.2, 0) is 10.5 Å². The molecule has 1 aliphatic heterocycles.